The molecular weight excluding hydrogens is 222 g/mol. The van der Waals surface area contributed by atoms with Gasteiger partial charge in [-0.2, -0.15) is 0 Å². The molecule has 1 aromatic rings. The maximum absolute atomic E-state index is 10.6. The van der Waals surface area contributed by atoms with Gasteiger partial charge < -0.3 is 10.4 Å². The van der Waals surface area contributed by atoms with E-state index in [0.717, 1.165) is 4.47 Å². The monoisotopic (exact) mass is 229 g/mol. The number of halogens is 1. The summed E-state index contributed by atoms with van der Waals surface area (Å²) in [7, 11) is 0. The van der Waals surface area contributed by atoms with Gasteiger partial charge in [0.1, 0.15) is 5.75 Å². The minimum Gasteiger partial charge on any atom is -0.506 e. The smallest absolute Gasteiger partial charge is 0.221 e. The van der Waals surface area contributed by atoms with Crippen molar-refractivity contribution < 1.29 is 9.90 Å². The standard InChI is InChI=1S/C8H8BrNO2/c1-5(11)10-7-3-2-6(9)4-8(7)12/h2-4,12H,1H3,(H,10,11). The van der Waals surface area contributed by atoms with Crippen LogP contribution in [0.1, 0.15) is 6.92 Å². The quantitative estimate of drug-likeness (QED) is 0.726. The number of hydrogen-bond acceptors (Lipinski definition) is 2. The molecule has 0 saturated heterocycles. The molecule has 0 aliphatic rings. The number of phenols is 1. The third-order valence-corrected chi connectivity index (χ3v) is 1.76. The van der Waals surface area contributed by atoms with Crippen LogP contribution in [0.25, 0.3) is 0 Å². The van der Waals surface area contributed by atoms with E-state index in [2.05, 4.69) is 21.2 Å². The molecule has 0 aliphatic carbocycles. The number of phenolic OH excluding ortho intramolecular Hbond substituents is 1. The van der Waals surface area contributed by atoms with Gasteiger partial charge in [0.05, 0.1) is 5.69 Å². The lowest BCUT2D eigenvalue weighted by Crippen LogP contribution is -2.05. The molecule has 0 radical (unpaired) electrons. The molecule has 0 spiro atoms. The van der Waals surface area contributed by atoms with Crippen LogP contribution in [0.2, 0.25) is 0 Å². The molecular formula is C8H8BrNO2. The van der Waals surface area contributed by atoms with Crippen molar-refractivity contribution in [2.45, 2.75) is 6.92 Å². The SMILES string of the molecule is CC(=O)Nc1ccc(Br)cc1O. The summed E-state index contributed by atoms with van der Waals surface area (Å²) in [5.74, 6) is -0.146. The number of carbonyl (C=O) groups is 1. The van der Waals surface area contributed by atoms with Gasteiger partial charge in [-0.05, 0) is 18.2 Å². The van der Waals surface area contributed by atoms with Crippen LogP contribution in [-0.4, -0.2) is 11.0 Å². The molecule has 64 valence electrons. The summed E-state index contributed by atoms with van der Waals surface area (Å²) < 4.78 is 0.772. The lowest BCUT2D eigenvalue weighted by Gasteiger charge is -2.04. The highest BCUT2D eigenvalue weighted by atomic mass is 79.9. The normalized spacial score (nSPS) is 9.50. The maximum atomic E-state index is 10.6. The number of nitrogens with one attached hydrogen (secondary N) is 1. The van der Waals surface area contributed by atoms with Crippen molar-refractivity contribution in [1.82, 2.24) is 0 Å². The summed E-state index contributed by atoms with van der Waals surface area (Å²) in [6.07, 6.45) is 0. The lowest BCUT2D eigenvalue weighted by molar-refractivity contribution is -0.114. The number of hydrogen-bond donors (Lipinski definition) is 2. The van der Waals surface area contributed by atoms with Gasteiger partial charge in [0.25, 0.3) is 0 Å². The van der Waals surface area contributed by atoms with Crippen LogP contribution in [0.5, 0.6) is 5.75 Å². The summed E-state index contributed by atoms with van der Waals surface area (Å²) in [5.41, 5.74) is 0.422. The zero-order valence-corrected chi connectivity index (χ0v) is 8.05. The van der Waals surface area contributed by atoms with Crippen LogP contribution in [0.15, 0.2) is 22.7 Å². The second-order valence-corrected chi connectivity index (χ2v) is 3.26. The van der Waals surface area contributed by atoms with Gasteiger partial charge in [0.15, 0.2) is 0 Å². The summed E-state index contributed by atoms with van der Waals surface area (Å²) >= 11 is 3.19. The number of rotatable bonds is 1. The molecule has 0 bridgehead atoms. The second-order valence-electron chi connectivity index (χ2n) is 2.34. The molecule has 0 atom stereocenters. The number of carbonyl (C=O) groups excluding carboxylic acids is 1. The first kappa shape index (κ1) is 9.06. The third-order valence-electron chi connectivity index (χ3n) is 1.27. The largest absolute Gasteiger partial charge is 0.506 e. The van der Waals surface area contributed by atoms with E-state index in [1.165, 1.54) is 13.0 Å². The molecule has 0 saturated carbocycles. The van der Waals surface area contributed by atoms with Crippen molar-refractivity contribution in [3.8, 4) is 5.75 Å². The number of benzene rings is 1. The molecule has 0 unspecified atom stereocenters. The Morgan fingerprint density at radius 3 is 2.75 bits per heavy atom. The number of amides is 1. The summed E-state index contributed by atoms with van der Waals surface area (Å²) in [6, 6.07) is 4.89. The fourth-order valence-corrected chi connectivity index (χ4v) is 1.15. The third kappa shape index (κ3) is 2.23. The molecule has 12 heavy (non-hydrogen) atoms. The Kier molecular flexibility index (Phi) is 2.70. The van der Waals surface area contributed by atoms with Crippen LogP contribution in [0.4, 0.5) is 5.69 Å². The van der Waals surface area contributed by atoms with Crippen LogP contribution in [-0.2, 0) is 4.79 Å². The van der Waals surface area contributed by atoms with E-state index in [1.807, 2.05) is 0 Å². The topological polar surface area (TPSA) is 49.3 Å². The first-order chi connectivity index (χ1) is 5.59. The molecule has 4 heteroatoms. The van der Waals surface area contributed by atoms with Crippen LogP contribution in [0, 0.1) is 0 Å². The Labute approximate surface area is 78.5 Å². The van der Waals surface area contributed by atoms with Gasteiger partial charge in [-0.3, -0.25) is 4.79 Å². The molecule has 1 aromatic carbocycles. The van der Waals surface area contributed by atoms with Crippen molar-refractivity contribution in [2.24, 2.45) is 0 Å². The predicted molar refractivity (Wildman–Crippen MR) is 50.1 cm³/mol. The summed E-state index contributed by atoms with van der Waals surface area (Å²) in [4.78, 5) is 10.6. The van der Waals surface area contributed by atoms with E-state index in [1.54, 1.807) is 12.1 Å². The minimum atomic E-state index is -0.201. The molecule has 1 amide bonds. The van der Waals surface area contributed by atoms with Crippen LogP contribution in [0.3, 0.4) is 0 Å². The highest BCUT2D eigenvalue weighted by molar-refractivity contribution is 9.10. The van der Waals surface area contributed by atoms with Crippen molar-refractivity contribution in [1.29, 1.82) is 0 Å². The Balaban J connectivity index is 2.93. The molecule has 0 aromatic heterocycles. The van der Waals surface area contributed by atoms with E-state index < -0.39 is 0 Å². The second kappa shape index (κ2) is 3.58. The highest BCUT2D eigenvalue weighted by Crippen LogP contribution is 2.26. The van der Waals surface area contributed by atoms with Crippen LogP contribution >= 0.6 is 15.9 Å². The maximum Gasteiger partial charge on any atom is 0.221 e. The van der Waals surface area contributed by atoms with Gasteiger partial charge in [-0.15, -0.1) is 0 Å². The van der Waals surface area contributed by atoms with Crippen molar-refractivity contribution in [3.05, 3.63) is 22.7 Å². The van der Waals surface area contributed by atoms with E-state index in [4.69, 9.17) is 0 Å². The summed E-state index contributed by atoms with van der Waals surface area (Å²) in [6.45, 7) is 1.39. The van der Waals surface area contributed by atoms with Crippen molar-refractivity contribution >= 4 is 27.5 Å². The van der Waals surface area contributed by atoms with E-state index in [-0.39, 0.29) is 11.7 Å². The Bertz CT molecular complexity index is 312. The van der Waals surface area contributed by atoms with E-state index in [9.17, 15) is 9.90 Å². The molecule has 0 heterocycles. The average molecular weight is 230 g/mol. The van der Waals surface area contributed by atoms with Gasteiger partial charge in [0, 0.05) is 11.4 Å². The Morgan fingerprint density at radius 2 is 2.25 bits per heavy atom. The number of aromatic hydroxyl groups is 1. The Hall–Kier alpha value is -1.03. The fourth-order valence-electron chi connectivity index (χ4n) is 0.800. The zero-order chi connectivity index (χ0) is 9.14. The molecule has 1 rings (SSSR count). The average Bonchev–Trinajstić information content (AvgIpc) is 1.94. The molecule has 0 aliphatic heterocycles. The predicted octanol–water partition coefficient (Wildman–Crippen LogP) is 2.11. The zero-order valence-electron chi connectivity index (χ0n) is 6.47. The van der Waals surface area contributed by atoms with E-state index in [0.29, 0.717) is 5.69 Å². The lowest BCUT2D eigenvalue weighted by atomic mass is 10.3. The molecule has 0 fully saturated rings. The highest BCUT2D eigenvalue weighted by Gasteiger charge is 2.01. The summed E-state index contributed by atoms with van der Waals surface area (Å²) in [5, 5.41) is 11.8. The van der Waals surface area contributed by atoms with Crippen molar-refractivity contribution in [2.75, 3.05) is 5.32 Å². The van der Waals surface area contributed by atoms with E-state index >= 15 is 0 Å². The van der Waals surface area contributed by atoms with Crippen molar-refractivity contribution in [3.63, 3.8) is 0 Å². The molecule has 2 N–H and O–H groups in total. The van der Waals surface area contributed by atoms with Gasteiger partial charge in [-0.25, -0.2) is 0 Å². The number of anilines is 1. The van der Waals surface area contributed by atoms with Gasteiger partial charge in [-0.1, -0.05) is 15.9 Å². The molecule has 3 nitrogen and oxygen atoms in total. The van der Waals surface area contributed by atoms with Gasteiger partial charge in [0.2, 0.25) is 5.91 Å². The first-order valence-corrected chi connectivity index (χ1v) is 4.15. The van der Waals surface area contributed by atoms with Gasteiger partial charge >= 0.3 is 0 Å². The first-order valence-electron chi connectivity index (χ1n) is 3.35. The minimum absolute atomic E-state index is 0.0552. The van der Waals surface area contributed by atoms with Crippen LogP contribution < -0.4 is 5.32 Å². The Morgan fingerprint density at radius 1 is 1.58 bits per heavy atom. The fraction of sp³-hybridized carbons (Fsp3) is 0.125.